The SMILES string of the molecule is Cc1c[nH]c(=O)c2cc(C(C)C)ccc12. The van der Waals surface area contributed by atoms with Crippen molar-refractivity contribution >= 4 is 10.8 Å². The first kappa shape index (κ1) is 9.97. The van der Waals surface area contributed by atoms with E-state index in [9.17, 15) is 4.79 Å². The third-order valence-electron chi connectivity index (χ3n) is 2.80. The van der Waals surface area contributed by atoms with Crippen LogP contribution in [-0.2, 0) is 0 Å². The number of hydrogen-bond acceptors (Lipinski definition) is 1. The van der Waals surface area contributed by atoms with Gasteiger partial charge in [-0.05, 0) is 35.4 Å². The van der Waals surface area contributed by atoms with Crippen LogP contribution in [0.4, 0.5) is 0 Å². The van der Waals surface area contributed by atoms with Crippen molar-refractivity contribution in [2.75, 3.05) is 0 Å². The summed E-state index contributed by atoms with van der Waals surface area (Å²) in [5.41, 5.74) is 2.32. The van der Waals surface area contributed by atoms with E-state index in [0.29, 0.717) is 5.92 Å². The third-order valence-corrected chi connectivity index (χ3v) is 2.80. The molecule has 78 valence electrons. The number of aromatic amines is 1. The van der Waals surface area contributed by atoms with E-state index in [1.54, 1.807) is 6.20 Å². The van der Waals surface area contributed by atoms with Crippen molar-refractivity contribution in [3.8, 4) is 0 Å². The van der Waals surface area contributed by atoms with Crippen molar-refractivity contribution in [3.63, 3.8) is 0 Å². The molecule has 1 aromatic carbocycles. The quantitative estimate of drug-likeness (QED) is 0.756. The fourth-order valence-electron chi connectivity index (χ4n) is 1.78. The number of hydrogen-bond donors (Lipinski definition) is 1. The number of H-pyrrole nitrogens is 1. The zero-order chi connectivity index (χ0) is 11.0. The standard InChI is InChI=1S/C13H15NO/c1-8(2)10-4-5-11-9(3)7-14-13(15)12(11)6-10/h4-8H,1-3H3,(H,14,15). The van der Waals surface area contributed by atoms with E-state index in [1.807, 2.05) is 19.1 Å². The van der Waals surface area contributed by atoms with Gasteiger partial charge in [-0.15, -0.1) is 0 Å². The number of pyridine rings is 1. The molecule has 1 aromatic heterocycles. The monoisotopic (exact) mass is 201 g/mol. The molecule has 15 heavy (non-hydrogen) atoms. The van der Waals surface area contributed by atoms with Gasteiger partial charge in [0, 0.05) is 11.6 Å². The molecule has 0 unspecified atom stereocenters. The van der Waals surface area contributed by atoms with Crippen LogP contribution in [0.1, 0.15) is 30.9 Å². The van der Waals surface area contributed by atoms with E-state index < -0.39 is 0 Å². The van der Waals surface area contributed by atoms with Crippen molar-refractivity contribution in [2.24, 2.45) is 0 Å². The summed E-state index contributed by atoms with van der Waals surface area (Å²) < 4.78 is 0. The Bertz CT molecular complexity index is 552. The van der Waals surface area contributed by atoms with E-state index in [4.69, 9.17) is 0 Å². The minimum atomic E-state index is -0.00176. The Morgan fingerprint density at radius 2 is 1.93 bits per heavy atom. The van der Waals surface area contributed by atoms with Gasteiger partial charge in [-0.25, -0.2) is 0 Å². The molecule has 0 saturated carbocycles. The normalized spacial score (nSPS) is 11.2. The minimum absolute atomic E-state index is 0.00176. The Balaban J connectivity index is 2.82. The molecule has 0 aliphatic heterocycles. The lowest BCUT2D eigenvalue weighted by Gasteiger charge is -2.07. The largest absolute Gasteiger partial charge is 0.328 e. The smallest absolute Gasteiger partial charge is 0.255 e. The maximum absolute atomic E-state index is 11.7. The summed E-state index contributed by atoms with van der Waals surface area (Å²) in [5, 5.41) is 1.84. The Labute approximate surface area is 89.0 Å². The topological polar surface area (TPSA) is 32.9 Å². The lowest BCUT2D eigenvalue weighted by molar-refractivity contribution is 0.868. The van der Waals surface area contributed by atoms with Crippen molar-refractivity contribution < 1.29 is 0 Å². The molecule has 2 aromatic rings. The first-order valence-electron chi connectivity index (χ1n) is 5.21. The molecule has 0 radical (unpaired) electrons. The van der Waals surface area contributed by atoms with E-state index in [1.165, 1.54) is 5.56 Å². The Morgan fingerprint density at radius 1 is 1.20 bits per heavy atom. The zero-order valence-electron chi connectivity index (χ0n) is 9.29. The van der Waals surface area contributed by atoms with Crippen LogP contribution < -0.4 is 5.56 Å². The number of aryl methyl sites for hydroxylation is 1. The Morgan fingerprint density at radius 3 is 2.60 bits per heavy atom. The average Bonchev–Trinajstić information content (AvgIpc) is 2.23. The molecule has 2 rings (SSSR count). The molecule has 0 spiro atoms. The summed E-state index contributed by atoms with van der Waals surface area (Å²) in [6.45, 7) is 6.27. The van der Waals surface area contributed by atoms with Gasteiger partial charge in [-0.3, -0.25) is 4.79 Å². The highest BCUT2D eigenvalue weighted by molar-refractivity contribution is 5.85. The number of rotatable bonds is 1. The maximum atomic E-state index is 11.7. The van der Waals surface area contributed by atoms with Gasteiger partial charge in [0.05, 0.1) is 0 Å². The summed E-state index contributed by atoms with van der Waals surface area (Å²) >= 11 is 0. The molecule has 0 bridgehead atoms. The molecule has 2 nitrogen and oxygen atoms in total. The second-order valence-electron chi connectivity index (χ2n) is 4.26. The first-order valence-corrected chi connectivity index (χ1v) is 5.21. The molecule has 0 aliphatic rings. The van der Waals surface area contributed by atoms with Gasteiger partial charge in [0.15, 0.2) is 0 Å². The highest BCUT2D eigenvalue weighted by Gasteiger charge is 2.04. The molecule has 0 aliphatic carbocycles. The van der Waals surface area contributed by atoms with Crippen molar-refractivity contribution in [2.45, 2.75) is 26.7 Å². The van der Waals surface area contributed by atoms with Crippen molar-refractivity contribution in [1.82, 2.24) is 4.98 Å². The molecule has 0 atom stereocenters. The van der Waals surface area contributed by atoms with Crippen LogP contribution in [0, 0.1) is 6.92 Å². The summed E-state index contributed by atoms with van der Waals surface area (Å²) in [4.78, 5) is 14.4. The van der Waals surface area contributed by atoms with Gasteiger partial charge in [-0.2, -0.15) is 0 Å². The predicted octanol–water partition coefficient (Wildman–Crippen LogP) is 2.96. The zero-order valence-corrected chi connectivity index (χ0v) is 9.29. The lowest BCUT2D eigenvalue weighted by Crippen LogP contribution is -2.06. The molecular formula is C13H15NO. The summed E-state index contributed by atoms with van der Waals surface area (Å²) in [6.07, 6.45) is 1.76. The fraction of sp³-hybridized carbons (Fsp3) is 0.308. The lowest BCUT2D eigenvalue weighted by atomic mass is 9.99. The summed E-state index contributed by atoms with van der Waals surface area (Å²) in [7, 11) is 0. The van der Waals surface area contributed by atoms with Crippen LogP contribution in [-0.4, -0.2) is 4.98 Å². The number of nitrogens with one attached hydrogen (secondary N) is 1. The second kappa shape index (κ2) is 3.54. The summed E-state index contributed by atoms with van der Waals surface area (Å²) in [5.74, 6) is 0.453. The first-order chi connectivity index (χ1) is 7.09. The van der Waals surface area contributed by atoms with Gasteiger partial charge in [0.25, 0.3) is 5.56 Å². The second-order valence-corrected chi connectivity index (χ2v) is 4.26. The van der Waals surface area contributed by atoms with Crippen LogP contribution in [0.2, 0.25) is 0 Å². The van der Waals surface area contributed by atoms with E-state index in [0.717, 1.165) is 16.3 Å². The molecule has 0 amide bonds. The number of aromatic nitrogens is 1. The van der Waals surface area contributed by atoms with Gasteiger partial charge in [0.2, 0.25) is 0 Å². The number of fused-ring (bicyclic) bond motifs is 1. The molecule has 0 saturated heterocycles. The minimum Gasteiger partial charge on any atom is -0.328 e. The molecule has 2 heteroatoms. The van der Waals surface area contributed by atoms with E-state index >= 15 is 0 Å². The molecule has 1 N–H and O–H groups in total. The van der Waals surface area contributed by atoms with Crippen LogP contribution in [0.3, 0.4) is 0 Å². The van der Waals surface area contributed by atoms with Gasteiger partial charge in [-0.1, -0.05) is 26.0 Å². The molecule has 0 fully saturated rings. The van der Waals surface area contributed by atoms with Gasteiger partial charge in [0.1, 0.15) is 0 Å². The van der Waals surface area contributed by atoms with E-state index in [-0.39, 0.29) is 5.56 Å². The number of benzene rings is 1. The van der Waals surface area contributed by atoms with Crippen LogP contribution >= 0.6 is 0 Å². The average molecular weight is 201 g/mol. The maximum Gasteiger partial charge on any atom is 0.255 e. The summed E-state index contributed by atoms with van der Waals surface area (Å²) in [6, 6.07) is 6.13. The third kappa shape index (κ3) is 1.67. The predicted molar refractivity (Wildman–Crippen MR) is 63.4 cm³/mol. The molecule has 1 heterocycles. The van der Waals surface area contributed by atoms with Crippen LogP contribution in [0.25, 0.3) is 10.8 Å². The Hall–Kier alpha value is -1.57. The Kier molecular flexibility index (Phi) is 2.35. The van der Waals surface area contributed by atoms with Crippen LogP contribution in [0.15, 0.2) is 29.2 Å². The van der Waals surface area contributed by atoms with Gasteiger partial charge < -0.3 is 4.98 Å². The van der Waals surface area contributed by atoms with Crippen LogP contribution in [0.5, 0.6) is 0 Å². The molecular weight excluding hydrogens is 186 g/mol. The van der Waals surface area contributed by atoms with Gasteiger partial charge >= 0.3 is 0 Å². The highest BCUT2D eigenvalue weighted by atomic mass is 16.1. The fourth-order valence-corrected chi connectivity index (χ4v) is 1.78. The van der Waals surface area contributed by atoms with Crippen molar-refractivity contribution in [1.29, 1.82) is 0 Å². The van der Waals surface area contributed by atoms with E-state index in [2.05, 4.69) is 24.9 Å². The van der Waals surface area contributed by atoms with Crippen molar-refractivity contribution in [3.05, 3.63) is 45.9 Å². The highest BCUT2D eigenvalue weighted by Crippen LogP contribution is 2.20.